The first-order chi connectivity index (χ1) is 10.8. The SMILES string of the molecule is Cc1nn(C)cc1[C@H](C)NC(=O)[C@H](C)Oc1ccc(F)cc1Cl. The summed E-state index contributed by atoms with van der Waals surface area (Å²) >= 11 is 5.90. The Balaban J connectivity index is 2.01. The van der Waals surface area contributed by atoms with E-state index in [0.29, 0.717) is 0 Å². The molecule has 124 valence electrons. The molecule has 2 rings (SSSR count). The van der Waals surface area contributed by atoms with E-state index < -0.39 is 11.9 Å². The number of benzene rings is 1. The lowest BCUT2D eigenvalue weighted by molar-refractivity contribution is -0.127. The van der Waals surface area contributed by atoms with Gasteiger partial charge in [-0.3, -0.25) is 9.48 Å². The number of aryl methyl sites for hydroxylation is 2. The van der Waals surface area contributed by atoms with Crippen LogP contribution in [0, 0.1) is 12.7 Å². The second kappa shape index (κ2) is 7.00. The van der Waals surface area contributed by atoms with Crippen molar-refractivity contribution in [2.45, 2.75) is 32.9 Å². The molecule has 0 aliphatic carbocycles. The number of carbonyl (C=O) groups is 1. The molecule has 0 aliphatic heterocycles. The molecule has 2 aromatic rings. The van der Waals surface area contributed by atoms with Crippen LogP contribution in [-0.4, -0.2) is 21.8 Å². The van der Waals surface area contributed by atoms with Gasteiger partial charge in [-0.2, -0.15) is 5.10 Å². The van der Waals surface area contributed by atoms with Gasteiger partial charge in [-0.25, -0.2) is 4.39 Å². The highest BCUT2D eigenvalue weighted by Gasteiger charge is 2.20. The maximum atomic E-state index is 13.0. The Hall–Kier alpha value is -2.08. The van der Waals surface area contributed by atoms with Crippen molar-refractivity contribution in [2.24, 2.45) is 7.05 Å². The van der Waals surface area contributed by atoms with Crippen molar-refractivity contribution >= 4 is 17.5 Å². The standard InChI is InChI=1S/C16H19ClFN3O2/c1-9(13-8-21(4)20-10(13)2)19-16(22)11(3)23-15-6-5-12(18)7-14(15)17/h5-9,11H,1-4H3,(H,19,22)/t9-,11-/m0/s1. The van der Waals surface area contributed by atoms with Crippen molar-refractivity contribution in [2.75, 3.05) is 0 Å². The van der Waals surface area contributed by atoms with Gasteiger partial charge in [0.2, 0.25) is 0 Å². The second-order valence-electron chi connectivity index (χ2n) is 5.41. The molecule has 0 unspecified atom stereocenters. The monoisotopic (exact) mass is 339 g/mol. The molecule has 23 heavy (non-hydrogen) atoms. The highest BCUT2D eigenvalue weighted by Crippen LogP contribution is 2.26. The van der Waals surface area contributed by atoms with E-state index in [9.17, 15) is 9.18 Å². The van der Waals surface area contributed by atoms with E-state index in [1.807, 2.05) is 27.1 Å². The van der Waals surface area contributed by atoms with E-state index in [0.717, 1.165) is 17.3 Å². The molecule has 1 aromatic carbocycles. The van der Waals surface area contributed by atoms with Gasteiger partial charge in [0.05, 0.1) is 16.8 Å². The number of nitrogens with one attached hydrogen (secondary N) is 1. The van der Waals surface area contributed by atoms with Gasteiger partial charge in [-0.05, 0) is 39.0 Å². The summed E-state index contributed by atoms with van der Waals surface area (Å²) in [7, 11) is 1.83. The highest BCUT2D eigenvalue weighted by molar-refractivity contribution is 6.32. The Morgan fingerprint density at radius 1 is 1.43 bits per heavy atom. The maximum absolute atomic E-state index is 13.0. The van der Waals surface area contributed by atoms with Gasteiger partial charge in [-0.1, -0.05) is 11.6 Å². The minimum absolute atomic E-state index is 0.126. The first kappa shape index (κ1) is 17.3. The average molecular weight is 340 g/mol. The molecule has 0 radical (unpaired) electrons. The van der Waals surface area contributed by atoms with Crippen molar-refractivity contribution < 1.29 is 13.9 Å². The largest absolute Gasteiger partial charge is 0.479 e. The maximum Gasteiger partial charge on any atom is 0.261 e. The summed E-state index contributed by atoms with van der Waals surface area (Å²) in [6.45, 7) is 5.37. The summed E-state index contributed by atoms with van der Waals surface area (Å²) in [5, 5.41) is 7.25. The third-order valence-electron chi connectivity index (χ3n) is 3.44. The lowest BCUT2D eigenvalue weighted by Gasteiger charge is -2.19. The summed E-state index contributed by atoms with van der Waals surface area (Å²) < 4.78 is 20.2. The van der Waals surface area contributed by atoms with Crippen LogP contribution in [0.4, 0.5) is 4.39 Å². The molecule has 0 saturated heterocycles. The first-order valence-corrected chi connectivity index (χ1v) is 7.58. The summed E-state index contributed by atoms with van der Waals surface area (Å²) in [6.07, 6.45) is 1.10. The third-order valence-corrected chi connectivity index (χ3v) is 3.74. The van der Waals surface area contributed by atoms with Crippen LogP contribution in [0.25, 0.3) is 0 Å². The van der Waals surface area contributed by atoms with Gasteiger partial charge in [0.1, 0.15) is 11.6 Å². The summed E-state index contributed by atoms with van der Waals surface area (Å²) in [5.74, 6) is -0.484. The molecule has 1 N–H and O–H groups in total. The van der Waals surface area contributed by atoms with Gasteiger partial charge in [0, 0.05) is 18.8 Å². The summed E-state index contributed by atoms with van der Waals surface area (Å²) in [4.78, 5) is 12.2. The van der Waals surface area contributed by atoms with Crippen molar-refractivity contribution in [3.05, 3.63) is 46.5 Å². The molecule has 2 atom stereocenters. The van der Waals surface area contributed by atoms with Gasteiger partial charge in [0.15, 0.2) is 6.10 Å². The van der Waals surface area contributed by atoms with Crippen LogP contribution in [0.3, 0.4) is 0 Å². The Morgan fingerprint density at radius 3 is 2.70 bits per heavy atom. The fourth-order valence-electron chi connectivity index (χ4n) is 2.27. The predicted octanol–water partition coefficient (Wildman–Crippen LogP) is 3.17. The van der Waals surface area contributed by atoms with Gasteiger partial charge in [-0.15, -0.1) is 0 Å². The molecular weight excluding hydrogens is 321 g/mol. The van der Waals surface area contributed by atoms with Crippen molar-refractivity contribution in [1.29, 1.82) is 0 Å². The number of hydrogen-bond acceptors (Lipinski definition) is 3. The number of amides is 1. The van der Waals surface area contributed by atoms with Crippen molar-refractivity contribution in [1.82, 2.24) is 15.1 Å². The quantitative estimate of drug-likeness (QED) is 0.910. The van der Waals surface area contributed by atoms with E-state index in [1.165, 1.54) is 12.1 Å². The second-order valence-corrected chi connectivity index (χ2v) is 5.82. The smallest absolute Gasteiger partial charge is 0.261 e. The Labute approximate surface area is 139 Å². The van der Waals surface area contributed by atoms with Crippen molar-refractivity contribution in [3.63, 3.8) is 0 Å². The molecule has 0 saturated carbocycles. The molecule has 1 heterocycles. The van der Waals surface area contributed by atoms with E-state index in [1.54, 1.807) is 11.6 Å². The van der Waals surface area contributed by atoms with E-state index in [-0.39, 0.29) is 22.7 Å². The van der Waals surface area contributed by atoms with E-state index in [2.05, 4.69) is 10.4 Å². The zero-order valence-corrected chi connectivity index (χ0v) is 14.2. The molecular formula is C16H19ClFN3O2. The number of rotatable bonds is 5. The summed E-state index contributed by atoms with van der Waals surface area (Å²) in [6, 6.07) is 3.57. The molecule has 0 bridgehead atoms. The van der Waals surface area contributed by atoms with Gasteiger partial charge in [0.25, 0.3) is 5.91 Å². The molecule has 5 nitrogen and oxygen atoms in total. The molecule has 0 fully saturated rings. The topological polar surface area (TPSA) is 56.2 Å². The predicted molar refractivity (Wildman–Crippen MR) is 86.0 cm³/mol. The molecule has 1 amide bonds. The normalized spacial score (nSPS) is 13.5. The van der Waals surface area contributed by atoms with Crippen LogP contribution < -0.4 is 10.1 Å². The lowest BCUT2D eigenvalue weighted by Crippen LogP contribution is -2.37. The summed E-state index contributed by atoms with van der Waals surface area (Å²) in [5.41, 5.74) is 1.79. The van der Waals surface area contributed by atoms with Crippen LogP contribution in [0.2, 0.25) is 5.02 Å². The number of ether oxygens (including phenoxy) is 1. The first-order valence-electron chi connectivity index (χ1n) is 7.20. The van der Waals surface area contributed by atoms with Crippen LogP contribution in [0.15, 0.2) is 24.4 Å². The van der Waals surface area contributed by atoms with Gasteiger partial charge >= 0.3 is 0 Å². The number of nitrogens with zero attached hydrogens (tertiary/aromatic N) is 2. The van der Waals surface area contributed by atoms with E-state index >= 15 is 0 Å². The molecule has 7 heteroatoms. The zero-order valence-electron chi connectivity index (χ0n) is 13.4. The Bertz CT molecular complexity index is 717. The molecule has 0 aliphatic rings. The zero-order chi connectivity index (χ0) is 17.1. The molecule has 1 aromatic heterocycles. The van der Waals surface area contributed by atoms with Crippen molar-refractivity contribution in [3.8, 4) is 5.75 Å². The van der Waals surface area contributed by atoms with Crippen LogP contribution in [0.1, 0.15) is 31.1 Å². The number of carbonyl (C=O) groups excluding carboxylic acids is 1. The van der Waals surface area contributed by atoms with Crippen LogP contribution in [-0.2, 0) is 11.8 Å². The minimum atomic E-state index is -0.766. The fraction of sp³-hybridized carbons (Fsp3) is 0.375. The van der Waals surface area contributed by atoms with Crippen LogP contribution in [0.5, 0.6) is 5.75 Å². The van der Waals surface area contributed by atoms with Crippen LogP contribution >= 0.6 is 11.6 Å². The molecule has 0 spiro atoms. The lowest BCUT2D eigenvalue weighted by atomic mass is 10.1. The number of halogens is 2. The van der Waals surface area contributed by atoms with Gasteiger partial charge < -0.3 is 10.1 Å². The number of aromatic nitrogens is 2. The number of hydrogen-bond donors (Lipinski definition) is 1. The average Bonchev–Trinajstić information content (AvgIpc) is 2.80. The fourth-order valence-corrected chi connectivity index (χ4v) is 2.48. The minimum Gasteiger partial charge on any atom is -0.479 e. The Kier molecular flexibility index (Phi) is 5.26. The Morgan fingerprint density at radius 2 is 2.13 bits per heavy atom. The third kappa shape index (κ3) is 4.22. The highest BCUT2D eigenvalue weighted by atomic mass is 35.5. The van der Waals surface area contributed by atoms with E-state index in [4.69, 9.17) is 16.3 Å².